The summed E-state index contributed by atoms with van der Waals surface area (Å²) < 4.78 is 33.9. The monoisotopic (exact) mass is 417 g/mol. The fourth-order valence-electron chi connectivity index (χ4n) is 3.73. The largest absolute Gasteiger partial charge is 0.435 e. The highest BCUT2D eigenvalue weighted by molar-refractivity contribution is 5.92. The molecule has 0 saturated carbocycles. The molecule has 9 heteroatoms. The van der Waals surface area contributed by atoms with Crippen molar-refractivity contribution in [3.05, 3.63) is 53.0 Å². The molecule has 3 aromatic rings. The number of piperidine rings is 1. The Labute approximate surface area is 170 Å². The van der Waals surface area contributed by atoms with Crippen molar-refractivity contribution in [1.29, 1.82) is 0 Å². The van der Waals surface area contributed by atoms with Gasteiger partial charge in [0.2, 0.25) is 5.91 Å². The number of H-pyrrole nitrogens is 1. The minimum Gasteiger partial charge on any atom is -0.435 e. The molecule has 0 bridgehead atoms. The number of aromatic nitrogens is 1. The van der Waals surface area contributed by atoms with E-state index in [4.69, 9.17) is 4.42 Å². The minimum atomic E-state index is -2.83. The maximum Gasteiger partial charge on any atom is 0.417 e. The minimum absolute atomic E-state index is 0.0841. The van der Waals surface area contributed by atoms with Gasteiger partial charge in [-0.25, -0.2) is 4.79 Å². The summed E-state index contributed by atoms with van der Waals surface area (Å²) in [5.74, 6) is -0.218. The van der Waals surface area contributed by atoms with Crippen LogP contribution in [0, 0.1) is 5.92 Å². The number of oxazole rings is 1. The quantitative estimate of drug-likeness (QED) is 0.634. The fourth-order valence-corrected chi connectivity index (χ4v) is 3.73. The molecule has 4 rings (SSSR count). The van der Waals surface area contributed by atoms with Gasteiger partial charge in [-0.1, -0.05) is 0 Å². The Bertz CT molecular complexity index is 1070. The summed E-state index contributed by atoms with van der Waals surface area (Å²) in [6.45, 7) is -1.26. The third kappa shape index (κ3) is 4.79. The molecule has 7 nitrogen and oxygen atoms in total. The molecule has 1 fully saturated rings. The molecule has 1 aromatic heterocycles. The van der Waals surface area contributed by atoms with E-state index in [0.29, 0.717) is 23.2 Å². The van der Waals surface area contributed by atoms with Crippen LogP contribution in [-0.2, 0) is 4.79 Å². The van der Waals surface area contributed by atoms with Gasteiger partial charge < -0.3 is 19.4 Å². The maximum absolute atomic E-state index is 12.4. The van der Waals surface area contributed by atoms with E-state index in [0.717, 1.165) is 31.6 Å². The molecule has 0 spiro atoms. The van der Waals surface area contributed by atoms with Crippen LogP contribution in [0.2, 0.25) is 0 Å². The van der Waals surface area contributed by atoms with Gasteiger partial charge in [-0.2, -0.15) is 8.78 Å². The van der Waals surface area contributed by atoms with E-state index >= 15 is 0 Å². The van der Waals surface area contributed by atoms with E-state index < -0.39 is 12.4 Å². The second-order valence-corrected chi connectivity index (χ2v) is 7.28. The summed E-state index contributed by atoms with van der Waals surface area (Å²) in [5.41, 5.74) is 2.51. The Balaban J connectivity index is 1.27. The van der Waals surface area contributed by atoms with Crippen LogP contribution in [0.3, 0.4) is 0 Å². The smallest absolute Gasteiger partial charge is 0.417 e. The van der Waals surface area contributed by atoms with Crippen molar-refractivity contribution in [2.45, 2.75) is 25.9 Å². The van der Waals surface area contributed by atoms with Gasteiger partial charge in [0.05, 0.1) is 5.52 Å². The first-order chi connectivity index (χ1) is 14.5. The number of hydrogen-bond acceptors (Lipinski definition) is 5. The van der Waals surface area contributed by atoms with Crippen LogP contribution in [0.15, 0.2) is 51.7 Å². The Morgan fingerprint density at radius 3 is 2.63 bits per heavy atom. The second kappa shape index (κ2) is 8.56. The van der Waals surface area contributed by atoms with E-state index in [2.05, 4.69) is 19.9 Å². The van der Waals surface area contributed by atoms with Crippen molar-refractivity contribution in [3.8, 4) is 5.75 Å². The lowest BCUT2D eigenvalue weighted by atomic mass is 9.93. The van der Waals surface area contributed by atoms with E-state index in [1.165, 1.54) is 12.1 Å². The molecule has 0 radical (unpaired) electrons. The number of hydrogen-bond donors (Lipinski definition) is 2. The van der Waals surface area contributed by atoms with Crippen LogP contribution in [-0.4, -0.2) is 30.6 Å². The molecular weight excluding hydrogens is 396 g/mol. The first kappa shape index (κ1) is 19.9. The summed E-state index contributed by atoms with van der Waals surface area (Å²) in [5, 5.41) is 2.85. The number of nitrogens with one attached hydrogen (secondary N) is 2. The molecule has 1 amide bonds. The van der Waals surface area contributed by atoms with Crippen molar-refractivity contribution in [3.63, 3.8) is 0 Å². The fraction of sp³-hybridized carbons (Fsp3) is 0.333. The van der Waals surface area contributed by atoms with Crippen molar-refractivity contribution in [2.24, 2.45) is 5.92 Å². The molecule has 2 aromatic carbocycles. The Morgan fingerprint density at radius 2 is 1.93 bits per heavy atom. The normalized spacial score (nSPS) is 15.0. The standard InChI is InChI=1S/C21H21F2N3O4/c22-20(23)29-16-4-2-15(3-5-16)26-9-7-13(8-10-26)11-19(27)24-14-1-6-17-18(12-14)30-21(28)25-17/h1-6,12-13,20H,7-11H2,(H,24,27)(H,25,28). The van der Waals surface area contributed by atoms with Gasteiger partial charge in [-0.15, -0.1) is 0 Å². The topological polar surface area (TPSA) is 87.6 Å². The number of ether oxygens (including phenoxy) is 1. The van der Waals surface area contributed by atoms with E-state index in [9.17, 15) is 18.4 Å². The van der Waals surface area contributed by atoms with Crippen molar-refractivity contribution in [1.82, 2.24) is 4.98 Å². The van der Waals surface area contributed by atoms with Gasteiger partial charge in [0.1, 0.15) is 5.75 Å². The zero-order chi connectivity index (χ0) is 21.1. The van der Waals surface area contributed by atoms with E-state index in [1.807, 2.05) is 0 Å². The zero-order valence-electron chi connectivity index (χ0n) is 16.1. The number of alkyl halides is 2. The molecule has 1 saturated heterocycles. The van der Waals surface area contributed by atoms with Crippen molar-refractivity contribution >= 4 is 28.4 Å². The number of amides is 1. The number of carbonyl (C=O) groups excluding carboxylic acids is 1. The lowest BCUT2D eigenvalue weighted by Crippen LogP contribution is -2.34. The predicted octanol–water partition coefficient (Wildman–Crippen LogP) is 3.97. The molecule has 1 aliphatic rings. The highest BCUT2D eigenvalue weighted by Crippen LogP contribution is 2.27. The molecule has 30 heavy (non-hydrogen) atoms. The van der Waals surface area contributed by atoms with Gasteiger partial charge in [0.25, 0.3) is 0 Å². The van der Waals surface area contributed by atoms with Crippen LogP contribution in [0.5, 0.6) is 5.75 Å². The molecular formula is C21H21F2N3O4. The SMILES string of the molecule is O=C(CC1CCN(c2ccc(OC(F)F)cc2)CC1)Nc1ccc2[nH]c(=O)oc2c1. The van der Waals surface area contributed by atoms with Crippen LogP contribution >= 0.6 is 0 Å². The number of aromatic amines is 1. The van der Waals surface area contributed by atoms with Crippen LogP contribution in [0.1, 0.15) is 19.3 Å². The number of rotatable bonds is 6. The highest BCUT2D eigenvalue weighted by atomic mass is 19.3. The number of halogens is 2. The van der Waals surface area contributed by atoms with Gasteiger partial charge >= 0.3 is 12.4 Å². The maximum atomic E-state index is 12.4. The summed E-state index contributed by atoms with van der Waals surface area (Å²) >= 11 is 0. The lowest BCUT2D eigenvalue weighted by molar-refractivity contribution is -0.117. The molecule has 2 N–H and O–H groups in total. The molecule has 158 valence electrons. The Morgan fingerprint density at radius 1 is 1.20 bits per heavy atom. The average Bonchev–Trinajstić information content (AvgIpc) is 3.08. The summed E-state index contributed by atoms with van der Waals surface area (Å²) in [6.07, 6.45) is 2.12. The zero-order valence-corrected chi connectivity index (χ0v) is 16.1. The summed E-state index contributed by atoms with van der Waals surface area (Å²) in [4.78, 5) is 28.3. The predicted molar refractivity (Wildman–Crippen MR) is 108 cm³/mol. The number of anilines is 2. The molecule has 0 atom stereocenters. The molecule has 2 heterocycles. The number of nitrogens with zero attached hydrogens (tertiary/aromatic N) is 1. The third-order valence-electron chi connectivity index (χ3n) is 5.22. The summed E-state index contributed by atoms with van der Waals surface area (Å²) in [7, 11) is 0. The number of fused-ring (bicyclic) bond motifs is 1. The second-order valence-electron chi connectivity index (χ2n) is 7.28. The first-order valence-corrected chi connectivity index (χ1v) is 9.69. The average molecular weight is 417 g/mol. The van der Waals surface area contributed by atoms with Gasteiger partial charge in [0, 0.05) is 37.0 Å². The lowest BCUT2D eigenvalue weighted by Gasteiger charge is -2.33. The van der Waals surface area contributed by atoms with Gasteiger partial charge in [-0.05, 0) is 55.2 Å². The van der Waals surface area contributed by atoms with Gasteiger partial charge in [0.15, 0.2) is 5.58 Å². The van der Waals surface area contributed by atoms with E-state index in [1.54, 1.807) is 30.3 Å². The number of carbonyl (C=O) groups is 1. The third-order valence-corrected chi connectivity index (χ3v) is 5.22. The molecule has 1 aliphatic heterocycles. The van der Waals surface area contributed by atoms with Crippen LogP contribution in [0.4, 0.5) is 20.2 Å². The van der Waals surface area contributed by atoms with Crippen molar-refractivity contribution < 1.29 is 22.7 Å². The van der Waals surface area contributed by atoms with Crippen molar-refractivity contribution in [2.75, 3.05) is 23.3 Å². The van der Waals surface area contributed by atoms with Crippen LogP contribution < -0.4 is 20.7 Å². The summed E-state index contributed by atoms with van der Waals surface area (Å²) in [6, 6.07) is 11.6. The van der Waals surface area contributed by atoms with Gasteiger partial charge in [-0.3, -0.25) is 9.78 Å². The highest BCUT2D eigenvalue weighted by Gasteiger charge is 2.22. The molecule has 0 aliphatic carbocycles. The molecule has 0 unspecified atom stereocenters. The number of benzene rings is 2. The van der Waals surface area contributed by atoms with Crippen LogP contribution in [0.25, 0.3) is 11.1 Å². The van der Waals surface area contributed by atoms with E-state index in [-0.39, 0.29) is 17.6 Å². The Hall–Kier alpha value is -3.36. The Kier molecular flexibility index (Phi) is 5.69. The first-order valence-electron chi connectivity index (χ1n) is 9.69.